The van der Waals surface area contributed by atoms with Gasteiger partial charge in [-0.25, -0.2) is 0 Å². The van der Waals surface area contributed by atoms with Crippen molar-refractivity contribution in [2.24, 2.45) is 0 Å². The van der Waals surface area contributed by atoms with Gasteiger partial charge in [0.05, 0.1) is 19.3 Å². The highest BCUT2D eigenvalue weighted by molar-refractivity contribution is 5.46. The van der Waals surface area contributed by atoms with Gasteiger partial charge in [0.15, 0.2) is 11.5 Å². The third-order valence-electron chi connectivity index (χ3n) is 3.65. The third kappa shape index (κ3) is 3.00. The number of nitrogens with one attached hydrogen (secondary N) is 1. The minimum absolute atomic E-state index is 0.115. The van der Waals surface area contributed by atoms with E-state index in [2.05, 4.69) is 28.5 Å². The highest BCUT2D eigenvalue weighted by atomic mass is 16.5. The smallest absolute Gasteiger partial charge is 0.161 e. The van der Waals surface area contributed by atoms with Gasteiger partial charge in [0.2, 0.25) is 0 Å². The fourth-order valence-corrected chi connectivity index (χ4v) is 2.63. The average Bonchev–Trinajstić information content (AvgIpc) is 2.73. The standard InChI is InChI=1S/C17H20N2O2/c1-12-10-14(6-7-19-12)17(18-2)13-4-5-15-16(11-13)21-9-3-8-20-15/h4-7,10-11,17-18H,3,8-9H2,1-2H3. The maximum Gasteiger partial charge on any atom is 0.161 e. The van der Waals surface area contributed by atoms with E-state index in [4.69, 9.17) is 9.47 Å². The second-order valence-corrected chi connectivity index (χ2v) is 5.21. The van der Waals surface area contributed by atoms with Crippen LogP contribution < -0.4 is 14.8 Å². The topological polar surface area (TPSA) is 43.4 Å². The predicted molar refractivity (Wildman–Crippen MR) is 81.9 cm³/mol. The van der Waals surface area contributed by atoms with Gasteiger partial charge in [-0.15, -0.1) is 0 Å². The zero-order valence-corrected chi connectivity index (χ0v) is 12.4. The van der Waals surface area contributed by atoms with Gasteiger partial charge < -0.3 is 14.8 Å². The number of fused-ring (bicyclic) bond motifs is 1. The molecule has 2 heterocycles. The Labute approximate surface area is 125 Å². The first kappa shape index (κ1) is 13.9. The number of pyridine rings is 1. The highest BCUT2D eigenvalue weighted by Gasteiger charge is 2.17. The monoisotopic (exact) mass is 284 g/mol. The molecule has 110 valence electrons. The van der Waals surface area contributed by atoms with Gasteiger partial charge in [-0.1, -0.05) is 6.07 Å². The molecule has 0 amide bonds. The first-order valence-corrected chi connectivity index (χ1v) is 7.27. The molecule has 3 rings (SSSR count). The van der Waals surface area contributed by atoms with E-state index in [1.165, 1.54) is 5.56 Å². The van der Waals surface area contributed by atoms with Gasteiger partial charge >= 0.3 is 0 Å². The summed E-state index contributed by atoms with van der Waals surface area (Å²) in [6.07, 6.45) is 2.76. The van der Waals surface area contributed by atoms with Crippen LogP contribution in [0.25, 0.3) is 0 Å². The van der Waals surface area contributed by atoms with Crippen LogP contribution in [0, 0.1) is 6.92 Å². The summed E-state index contributed by atoms with van der Waals surface area (Å²) in [7, 11) is 1.96. The molecule has 1 aliphatic heterocycles. The molecule has 4 nitrogen and oxygen atoms in total. The van der Waals surface area contributed by atoms with Crippen molar-refractivity contribution in [1.29, 1.82) is 0 Å². The van der Waals surface area contributed by atoms with Gasteiger partial charge in [-0.05, 0) is 49.4 Å². The number of hydrogen-bond donors (Lipinski definition) is 1. The van der Waals surface area contributed by atoms with Crippen LogP contribution in [0.15, 0.2) is 36.5 Å². The zero-order valence-electron chi connectivity index (χ0n) is 12.4. The van der Waals surface area contributed by atoms with E-state index in [0.717, 1.165) is 29.2 Å². The molecule has 0 fully saturated rings. The molecular weight excluding hydrogens is 264 g/mol. The van der Waals surface area contributed by atoms with E-state index in [0.29, 0.717) is 13.2 Å². The molecule has 1 unspecified atom stereocenters. The van der Waals surface area contributed by atoms with Crippen LogP contribution in [-0.4, -0.2) is 25.2 Å². The summed E-state index contributed by atoms with van der Waals surface area (Å²) in [5.41, 5.74) is 3.37. The molecule has 1 aromatic carbocycles. The Kier molecular flexibility index (Phi) is 4.06. The second-order valence-electron chi connectivity index (χ2n) is 5.21. The Bertz CT molecular complexity index is 628. The van der Waals surface area contributed by atoms with Crippen LogP contribution >= 0.6 is 0 Å². The van der Waals surface area contributed by atoms with Crippen molar-refractivity contribution in [3.63, 3.8) is 0 Å². The van der Waals surface area contributed by atoms with E-state index >= 15 is 0 Å². The van der Waals surface area contributed by atoms with E-state index in [1.807, 2.05) is 32.3 Å². The van der Waals surface area contributed by atoms with Crippen molar-refractivity contribution in [1.82, 2.24) is 10.3 Å². The number of hydrogen-bond acceptors (Lipinski definition) is 4. The van der Waals surface area contributed by atoms with E-state index < -0.39 is 0 Å². The summed E-state index contributed by atoms with van der Waals surface area (Å²) in [4.78, 5) is 4.26. The normalized spacial score (nSPS) is 15.3. The maximum absolute atomic E-state index is 5.78. The minimum Gasteiger partial charge on any atom is -0.490 e. The van der Waals surface area contributed by atoms with Crippen molar-refractivity contribution in [3.05, 3.63) is 53.3 Å². The van der Waals surface area contributed by atoms with Crippen LogP contribution in [-0.2, 0) is 0 Å². The van der Waals surface area contributed by atoms with E-state index in [-0.39, 0.29) is 6.04 Å². The number of benzene rings is 1. The molecule has 0 radical (unpaired) electrons. The maximum atomic E-state index is 5.78. The van der Waals surface area contributed by atoms with Crippen molar-refractivity contribution < 1.29 is 9.47 Å². The number of rotatable bonds is 3. The lowest BCUT2D eigenvalue weighted by molar-refractivity contribution is 0.297. The van der Waals surface area contributed by atoms with Gasteiger partial charge in [0.25, 0.3) is 0 Å². The summed E-state index contributed by atoms with van der Waals surface area (Å²) in [5, 5.41) is 3.36. The molecule has 0 saturated carbocycles. The van der Waals surface area contributed by atoms with Gasteiger partial charge in [-0.3, -0.25) is 4.98 Å². The van der Waals surface area contributed by atoms with Crippen LogP contribution in [0.1, 0.15) is 29.3 Å². The molecular formula is C17H20N2O2. The molecule has 1 aromatic heterocycles. The van der Waals surface area contributed by atoms with Crippen LogP contribution in [0.5, 0.6) is 11.5 Å². The van der Waals surface area contributed by atoms with E-state index in [9.17, 15) is 0 Å². The minimum atomic E-state index is 0.115. The molecule has 0 aliphatic carbocycles. The largest absolute Gasteiger partial charge is 0.490 e. The summed E-state index contributed by atoms with van der Waals surface area (Å²) in [6.45, 7) is 3.42. The molecule has 2 aromatic rings. The Morgan fingerprint density at radius 2 is 1.81 bits per heavy atom. The van der Waals surface area contributed by atoms with E-state index in [1.54, 1.807) is 0 Å². The lowest BCUT2D eigenvalue weighted by atomic mass is 9.98. The summed E-state index contributed by atoms with van der Waals surface area (Å²) in [6, 6.07) is 10.4. The lowest BCUT2D eigenvalue weighted by Gasteiger charge is -2.19. The Balaban J connectivity index is 1.96. The predicted octanol–water partition coefficient (Wildman–Crippen LogP) is 2.86. The molecule has 21 heavy (non-hydrogen) atoms. The highest BCUT2D eigenvalue weighted by Crippen LogP contribution is 2.33. The summed E-state index contributed by atoms with van der Waals surface area (Å²) < 4.78 is 11.5. The number of nitrogens with zero attached hydrogens (tertiary/aromatic N) is 1. The number of aryl methyl sites for hydroxylation is 1. The molecule has 1 atom stereocenters. The first-order valence-electron chi connectivity index (χ1n) is 7.27. The summed E-state index contributed by atoms with van der Waals surface area (Å²) in [5.74, 6) is 1.66. The van der Waals surface area contributed by atoms with Crippen molar-refractivity contribution in [2.75, 3.05) is 20.3 Å². The number of ether oxygens (including phenoxy) is 2. The SMILES string of the molecule is CNC(c1ccnc(C)c1)c1ccc2c(c1)OCCCO2. The quantitative estimate of drug-likeness (QED) is 0.941. The Morgan fingerprint density at radius 1 is 1.05 bits per heavy atom. The van der Waals surface area contributed by atoms with Gasteiger partial charge in [-0.2, -0.15) is 0 Å². The Morgan fingerprint density at radius 3 is 2.57 bits per heavy atom. The fraction of sp³-hybridized carbons (Fsp3) is 0.353. The molecule has 4 heteroatoms. The van der Waals surface area contributed by atoms with Gasteiger partial charge in [0.1, 0.15) is 0 Å². The van der Waals surface area contributed by atoms with Crippen molar-refractivity contribution >= 4 is 0 Å². The molecule has 1 N–H and O–H groups in total. The Hall–Kier alpha value is -2.07. The fourth-order valence-electron chi connectivity index (χ4n) is 2.63. The van der Waals surface area contributed by atoms with Crippen LogP contribution in [0.3, 0.4) is 0 Å². The van der Waals surface area contributed by atoms with Crippen LogP contribution in [0.4, 0.5) is 0 Å². The molecule has 0 bridgehead atoms. The van der Waals surface area contributed by atoms with Gasteiger partial charge in [0, 0.05) is 18.3 Å². The molecule has 1 aliphatic rings. The molecule has 0 saturated heterocycles. The first-order chi connectivity index (χ1) is 10.3. The summed E-state index contributed by atoms with van der Waals surface area (Å²) >= 11 is 0. The van der Waals surface area contributed by atoms with Crippen molar-refractivity contribution in [3.8, 4) is 11.5 Å². The zero-order chi connectivity index (χ0) is 14.7. The number of aromatic nitrogens is 1. The average molecular weight is 284 g/mol. The van der Waals surface area contributed by atoms with Crippen molar-refractivity contribution in [2.45, 2.75) is 19.4 Å². The third-order valence-corrected chi connectivity index (χ3v) is 3.65. The molecule has 0 spiro atoms. The van der Waals surface area contributed by atoms with Crippen LogP contribution in [0.2, 0.25) is 0 Å². The second kappa shape index (κ2) is 6.14. The lowest BCUT2D eigenvalue weighted by Crippen LogP contribution is -2.18.